The van der Waals surface area contributed by atoms with Crippen molar-refractivity contribution < 1.29 is 4.79 Å². The van der Waals surface area contributed by atoms with Crippen LogP contribution in [0.1, 0.15) is 18.5 Å². The highest BCUT2D eigenvalue weighted by Gasteiger charge is 2.12. The molecule has 1 atom stereocenters. The van der Waals surface area contributed by atoms with Crippen molar-refractivity contribution in [2.75, 3.05) is 0 Å². The van der Waals surface area contributed by atoms with Crippen LogP contribution < -0.4 is 11.0 Å². The predicted octanol–water partition coefficient (Wildman–Crippen LogP) is 2.03. The number of nitrogens with zero attached hydrogens (tertiary/aromatic N) is 3. The van der Waals surface area contributed by atoms with Gasteiger partial charge in [0, 0.05) is 11.2 Å². The van der Waals surface area contributed by atoms with E-state index in [1.165, 1.54) is 4.40 Å². The first kappa shape index (κ1) is 15.3. The molecule has 1 amide bonds. The van der Waals surface area contributed by atoms with E-state index in [0.717, 1.165) is 10.2 Å². The lowest BCUT2D eigenvalue weighted by atomic mass is 10.1. The minimum absolute atomic E-state index is 0.134. The molecule has 118 valence electrons. The number of halogens is 1. The van der Waals surface area contributed by atoms with Crippen LogP contribution in [0.3, 0.4) is 0 Å². The van der Waals surface area contributed by atoms with Crippen LogP contribution in [-0.2, 0) is 11.3 Å². The summed E-state index contributed by atoms with van der Waals surface area (Å²) in [5.74, 6) is -0.284. The Kier molecular flexibility index (Phi) is 4.16. The second-order valence-electron chi connectivity index (χ2n) is 5.23. The Balaban J connectivity index is 1.72. The molecule has 0 saturated heterocycles. The zero-order valence-corrected chi connectivity index (χ0v) is 13.2. The molecule has 2 aromatic heterocycles. The summed E-state index contributed by atoms with van der Waals surface area (Å²) in [5.41, 5.74) is 1.28. The van der Waals surface area contributed by atoms with Crippen LogP contribution in [0.5, 0.6) is 0 Å². The van der Waals surface area contributed by atoms with Gasteiger partial charge in [-0.25, -0.2) is 9.48 Å². The number of benzene rings is 1. The zero-order valence-electron chi connectivity index (χ0n) is 12.4. The van der Waals surface area contributed by atoms with E-state index in [0.29, 0.717) is 10.5 Å². The lowest BCUT2D eigenvalue weighted by Crippen LogP contribution is -2.36. The number of amides is 1. The second-order valence-corrected chi connectivity index (χ2v) is 5.67. The maximum absolute atomic E-state index is 12.2. The lowest BCUT2D eigenvalue weighted by Gasteiger charge is -2.14. The zero-order chi connectivity index (χ0) is 16.4. The van der Waals surface area contributed by atoms with Gasteiger partial charge in [-0.15, -0.1) is 0 Å². The summed E-state index contributed by atoms with van der Waals surface area (Å²) in [7, 11) is 0. The number of hydrogen-bond donors (Lipinski definition) is 1. The third-order valence-corrected chi connectivity index (χ3v) is 3.83. The van der Waals surface area contributed by atoms with Crippen LogP contribution in [0.15, 0.2) is 53.6 Å². The molecule has 3 aromatic rings. The molecule has 7 heteroatoms. The molecule has 1 N–H and O–H groups in total. The first-order chi connectivity index (χ1) is 11.0. The van der Waals surface area contributed by atoms with Crippen molar-refractivity contribution in [2.24, 2.45) is 0 Å². The topological polar surface area (TPSA) is 68.4 Å². The normalized spacial score (nSPS) is 12.3. The smallest absolute Gasteiger partial charge is 0.348 e. The number of nitrogens with one attached hydrogen (secondary N) is 1. The number of fused-ring (bicyclic) bond motifs is 1. The molecule has 0 radical (unpaired) electrons. The van der Waals surface area contributed by atoms with E-state index >= 15 is 0 Å². The predicted molar refractivity (Wildman–Crippen MR) is 87.5 cm³/mol. The minimum atomic E-state index is -0.346. The molecule has 3 rings (SSSR count). The lowest BCUT2D eigenvalue weighted by molar-refractivity contribution is -0.122. The molecule has 23 heavy (non-hydrogen) atoms. The number of aromatic nitrogens is 3. The van der Waals surface area contributed by atoms with Gasteiger partial charge in [-0.2, -0.15) is 5.10 Å². The van der Waals surface area contributed by atoms with Crippen molar-refractivity contribution in [1.82, 2.24) is 19.5 Å². The summed E-state index contributed by atoms with van der Waals surface area (Å²) in [6.07, 6.45) is 3.20. The molecule has 0 aliphatic carbocycles. The maximum Gasteiger partial charge on any atom is 0.349 e. The summed E-state index contributed by atoms with van der Waals surface area (Å²) in [6, 6.07) is 10.6. The van der Waals surface area contributed by atoms with Gasteiger partial charge in [0.05, 0.1) is 17.8 Å². The first-order valence-corrected chi connectivity index (χ1v) is 7.50. The fourth-order valence-corrected chi connectivity index (χ4v) is 2.47. The number of carbonyl (C=O) groups excluding carboxylic acids is 1. The Morgan fingerprint density at radius 1 is 1.30 bits per heavy atom. The van der Waals surface area contributed by atoms with Gasteiger partial charge >= 0.3 is 5.69 Å². The van der Waals surface area contributed by atoms with Gasteiger partial charge in [0.15, 0.2) is 0 Å². The van der Waals surface area contributed by atoms with Crippen molar-refractivity contribution >= 4 is 23.0 Å². The summed E-state index contributed by atoms with van der Waals surface area (Å²) >= 11 is 5.85. The fourth-order valence-electron chi connectivity index (χ4n) is 2.34. The first-order valence-electron chi connectivity index (χ1n) is 7.12. The van der Waals surface area contributed by atoms with Gasteiger partial charge in [-0.1, -0.05) is 23.7 Å². The molecule has 0 saturated carbocycles. The molecule has 0 fully saturated rings. The Hall–Kier alpha value is -2.60. The van der Waals surface area contributed by atoms with E-state index in [9.17, 15) is 9.59 Å². The second kappa shape index (κ2) is 6.26. The van der Waals surface area contributed by atoms with Gasteiger partial charge in [0.1, 0.15) is 6.54 Å². The van der Waals surface area contributed by atoms with E-state index in [4.69, 9.17) is 11.6 Å². The van der Waals surface area contributed by atoms with Crippen molar-refractivity contribution in [3.8, 4) is 0 Å². The Labute approximate surface area is 137 Å². The van der Waals surface area contributed by atoms with E-state index in [2.05, 4.69) is 10.4 Å². The standard InChI is InChI=1S/C16H15ClN4O2/c1-11(12-4-6-13(17)7-5-12)19-15(22)10-21-16(23)20-8-2-3-14(20)9-18-21/h2-9,11H,10H2,1H3,(H,19,22). The third-order valence-electron chi connectivity index (χ3n) is 3.58. The van der Waals surface area contributed by atoms with Crippen LogP contribution in [-0.4, -0.2) is 20.1 Å². The molecule has 0 aliphatic heterocycles. The number of hydrogen-bond acceptors (Lipinski definition) is 3. The van der Waals surface area contributed by atoms with Crippen molar-refractivity contribution in [3.63, 3.8) is 0 Å². The maximum atomic E-state index is 12.2. The van der Waals surface area contributed by atoms with E-state index in [1.807, 2.05) is 19.1 Å². The molecular formula is C16H15ClN4O2. The largest absolute Gasteiger partial charge is 0.349 e. The summed E-state index contributed by atoms with van der Waals surface area (Å²) < 4.78 is 2.58. The fraction of sp³-hybridized carbons (Fsp3) is 0.188. The molecule has 0 spiro atoms. The monoisotopic (exact) mass is 330 g/mol. The van der Waals surface area contributed by atoms with Crippen LogP contribution in [0.2, 0.25) is 5.02 Å². The van der Waals surface area contributed by atoms with Gasteiger partial charge in [-0.3, -0.25) is 9.20 Å². The highest BCUT2D eigenvalue weighted by atomic mass is 35.5. The average molecular weight is 331 g/mol. The highest BCUT2D eigenvalue weighted by Crippen LogP contribution is 2.15. The Morgan fingerprint density at radius 2 is 2.04 bits per heavy atom. The summed E-state index contributed by atoms with van der Waals surface area (Å²) in [4.78, 5) is 24.3. The average Bonchev–Trinajstić information content (AvgIpc) is 3.00. The molecule has 0 bridgehead atoms. The minimum Gasteiger partial charge on any atom is -0.348 e. The molecule has 1 aromatic carbocycles. The van der Waals surface area contributed by atoms with Crippen LogP contribution in [0.25, 0.3) is 5.52 Å². The van der Waals surface area contributed by atoms with Gasteiger partial charge in [0.2, 0.25) is 5.91 Å². The van der Waals surface area contributed by atoms with Crippen molar-refractivity contribution in [1.29, 1.82) is 0 Å². The van der Waals surface area contributed by atoms with E-state index in [1.54, 1.807) is 36.7 Å². The van der Waals surface area contributed by atoms with Crippen LogP contribution >= 0.6 is 11.6 Å². The molecule has 1 unspecified atom stereocenters. The summed E-state index contributed by atoms with van der Waals surface area (Å²) in [5, 5.41) is 7.50. The van der Waals surface area contributed by atoms with E-state index in [-0.39, 0.29) is 24.2 Å². The Morgan fingerprint density at radius 3 is 2.78 bits per heavy atom. The quantitative estimate of drug-likeness (QED) is 0.795. The summed E-state index contributed by atoms with van der Waals surface area (Å²) in [6.45, 7) is 1.73. The molecule has 2 heterocycles. The third kappa shape index (κ3) is 3.27. The van der Waals surface area contributed by atoms with Gasteiger partial charge in [-0.05, 0) is 36.8 Å². The molecule has 0 aliphatic rings. The molecule has 6 nitrogen and oxygen atoms in total. The number of rotatable bonds is 4. The van der Waals surface area contributed by atoms with Crippen LogP contribution in [0, 0.1) is 0 Å². The SMILES string of the molecule is CC(NC(=O)Cn1ncc2cccn2c1=O)c1ccc(Cl)cc1. The van der Waals surface area contributed by atoms with Gasteiger partial charge in [0.25, 0.3) is 0 Å². The van der Waals surface area contributed by atoms with Crippen LogP contribution in [0.4, 0.5) is 0 Å². The van der Waals surface area contributed by atoms with Crippen molar-refractivity contribution in [3.05, 3.63) is 69.9 Å². The number of carbonyl (C=O) groups is 1. The molecular weight excluding hydrogens is 316 g/mol. The highest BCUT2D eigenvalue weighted by molar-refractivity contribution is 6.30. The van der Waals surface area contributed by atoms with Gasteiger partial charge < -0.3 is 5.32 Å². The van der Waals surface area contributed by atoms with Crippen molar-refractivity contribution in [2.45, 2.75) is 19.5 Å². The Bertz CT molecular complexity index is 898. The van der Waals surface area contributed by atoms with E-state index < -0.39 is 0 Å².